The minimum Gasteiger partial charge on any atom is -0.481 e. The van der Waals surface area contributed by atoms with Crippen molar-refractivity contribution in [1.82, 2.24) is 10.2 Å². The molecule has 0 aliphatic heterocycles. The lowest BCUT2D eigenvalue weighted by atomic mass is 10.2. The lowest BCUT2D eigenvalue weighted by molar-refractivity contribution is -0.138. The Morgan fingerprint density at radius 2 is 1.93 bits per heavy atom. The first kappa shape index (κ1) is 19.7. The summed E-state index contributed by atoms with van der Waals surface area (Å²) in [5.74, 6) is -0.348. The largest absolute Gasteiger partial charge is 0.481 e. The van der Waals surface area contributed by atoms with E-state index in [4.69, 9.17) is 9.52 Å². The Morgan fingerprint density at radius 1 is 1.14 bits per heavy atom. The highest BCUT2D eigenvalue weighted by atomic mass is 32.2. The second-order valence-electron chi connectivity index (χ2n) is 5.60. The van der Waals surface area contributed by atoms with Crippen LogP contribution in [0.25, 0.3) is 11.5 Å². The predicted octanol–water partition coefficient (Wildman–Crippen LogP) is 5.07. The summed E-state index contributed by atoms with van der Waals surface area (Å²) in [4.78, 5) is 11.4. The number of hydrogen-bond acceptors (Lipinski definition) is 6. The number of benzene rings is 2. The molecule has 0 radical (unpaired) electrons. The summed E-state index contributed by atoms with van der Waals surface area (Å²) in [6.45, 7) is 0. The van der Waals surface area contributed by atoms with Crippen LogP contribution < -0.4 is 5.32 Å². The number of carboxylic acid groups (broad SMARTS) is 1. The number of alkyl halides is 3. The Hall–Kier alpha value is -3.01. The van der Waals surface area contributed by atoms with Gasteiger partial charge in [0.1, 0.15) is 0 Å². The van der Waals surface area contributed by atoms with Crippen molar-refractivity contribution in [2.75, 3.05) is 11.1 Å². The fraction of sp³-hybridized carbons (Fsp3) is 0.167. The van der Waals surface area contributed by atoms with Gasteiger partial charge in [0.2, 0.25) is 0 Å². The van der Waals surface area contributed by atoms with Crippen molar-refractivity contribution in [3.8, 4) is 11.5 Å². The van der Waals surface area contributed by atoms with Crippen molar-refractivity contribution in [3.63, 3.8) is 0 Å². The van der Waals surface area contributed by atoms with Gasteiger partial charge in [-0.2, -0.15) is 13.2 Å². The van der Waals surface area contributed by atoms with Crippen LogP contribution in [0.2, 0.25) is 0 Å². The zero-order chi connectivity index (χ0) is 20.1. The number of nitrogens with zero attached hydrogens (tertiary/aromatic N) is 2. The van der Waals surface area contributed by atoms with Gasteiger partial charge < -0.3 is 14.8 Å². The molecule has 0 amide bonds. The monoisotopic (exact) mass is 409 g/mol. The number of aliphatic carboxylic acids is 1. The molecule has 0 aliphatic carbocycles. The first-order chi connectivity index (χ1) is 13.3. The smallest absolute Gasteiger partial charge is 0.416 e. The van der Waals surface area contributed by atoms with Crippen molar-refractivity contribution in [1.29, 1.82) is 0 Å². The lowest BCUT2D eigenvalue weighted by Crippen LogP contribution is -2.05. The number of thioether (sulfide) groups is 1. The van der Waals surface area contributed by atoms with Gasteiger partial charge in [0, 0.05) is 16.3 Å². The van der Waals surface area contributed by atoms with E-state index in [2.05, 4.69) is 15.5 Å². The van der Waals surface area contributed by atoms with Crippen LogP contribution in [-0.2, 0) is 11.0 Å². The Bertz CT molecular complexity index is 976. The van der Waals surface area contributed by atoms with Crippen molar-refractivity contribution < 1.29 is 27.5 Å². The molecule has 3 rings (SSSR count). The highest BCUT2D eigenvalue weighted by Crippen LogP contribution is 2.33. The lowest BCUT2D eigenvalue weighted by Gasteiger charge is -2.08. The summed E-state index contributed by atoms with van der Waals surface area (Å²) >= 11 is 1.33. The Kier molecular flexibility index (Phi) is 5.88. The van der Waals surface area contributed by atoms with E-state index < -0.39 is 17.7 Å². The minimum atomic E-state index is -4.45. The third-order valence-corrected chi connectivity index (χ3v) is 4.63. The zero-order valence-electron chi connectivity index (χ0n) is 14.2. The molecule has 2 N–H and O–H groups in total. The molecule has 0 atom stereocenters. The average Bonchev–Trinajstić information content (AvgIpc) is 3.09. The van der Waals surface area contributed by atoms with Crippen LogP contribution in [0.4, 0.5) is 24.9 Å². The van der Waals surface area contributed by atoms with Crippen LogP contribution in [0.3, 0.4) is 0 Å². The first-order valence-electron chi connectivity index (χ1n) is 8.05. The SMILES string of the molecule is O=C(O)CCSc1ccccc1-c1nnc(Nc2cccc(C(F)(F)F)c2)o1. The van der Waals surface area contributed by atoms with E-state index >= 15 is 0 Å². The maximum Gasteiger partial charge on any atom is 0.416 e. The van der Waals surface area contributed by atoms with Gasteiger partial charge in [-0.05, 0) is 30.3 Å². The molecule has 0 bridgehead atoms. The van der Waals surface area contributed by atoms with Crippen LogP contribution >= 0.6 is 11.8 Å². The van der Waals surface area contributed by atoms with Crippen LogP contribution in [0.5, 0.6) is 0 Å². The van der Waals surface area contributed by atoms with E-state index in [1.165, 1.54) is 23.9 Å². The Labute approximate surface area is 161 Å². The van der Waals surface area contributed by atoms with Crippen molar-refractivity contribution in [2.24, 2.45) is 0 Å². The highest BCUT2D eigenvalue weighted by molar-refractivity contribution is 7.99. The molecule has 146 valence electrons. The Balaban J connectivity index is 1.77. The number of anilines is 2. The molecule has 2 aromatic carbocycles. The van der Waals surface area contributed by atoms with E-state index in [9.17, 15) is 18.0 Å². The molecular weight excluding hydrogens is 395 g/mol. The standard InChI is InChI=1S/C18H14F3N3O3S/c19-18(20,21)11-4-3-5-12(10-11)22-17-24-23-16(27-17)13-6-1-2-7-14(13)28-9-8-15(25)26/h1-7,10H,8-9H2,(H,22,24)(H,25,26). The zero-order valence-corrected chi connectivity index (χ0v) is 15.0. The molecule has 1 aromatic heterocycles. The van der Waals surface area contributed by atoms with Gasteiger partial charge in [-0.3, -0.25) is 4.79 Å². The Morgan fingerprint density at radius 3 is 2.68 bits per heavy atom. The van der Waals surface area contributed by atoms with E-state index in [1.54, 1.807) is 24.3 Å². The van der Waals surface area contributed by atoms with Gasteiger partial charge in [-0.1, -0.05) is 23.3 Å². The molecule has 0 saturated heterocycles. The number of aromatic nitrogens is 2. The van der Waals surface area contributed by atoms with Crippen molar-refractivity contribution >= 4 is 29.4 Å². The molecule has 3 aromatic rings. The number of halogens is 3. The third kappa shape index (κ3) is 5.03. The quantitative estimate of drug-likeness (QED) is 0.527. The fourth-order valence-corrected chi connectivity index (χ4v) is 3.28. The molecule has 6 nitrogen and oxygen atoms in total. The molecule has 0 saturated carbocycles. The second kappa shape index (κ2) is 8.34. The summed E-state index contributed by atoms with van der Waals surface area (Å²) < 4.78 is 44.0. The molecular formula is C18H14F3N3O3S. The van der Waals surface area contributed by atoms with Crippen molar-refractivity contribution in [3.05, 3.63) is 54.1 Å². The normalized spacial score (nSPS) is 11.4. The number of carboxylic acids is 1. The summed E-state index contributed by atoms with van der Waals surface area (Å²) in [7, 11) is 0. The number of rotatable bonds is 7. The second-order valence-corrected chi connectivity index (χ2v) is 6.74. The summed E-state index contributed by atoms with van der Waals surface area (Å²) in [5, 5.41) is 19.2. The van der Waals surface area contributed by atoms with Gasteiger partial charge in [0.15, 0.2) is 0 Å². The van der Waals surface area contributed by atoms with Gasteiger partial charge in [0.25, 0.3) is 5.89 Å². The number of hydrogen-bond donors (Lipinski definition) is 2. The van der Waals surface area contributed by atoms with Crippen molar-refractivity contribution in [2.45, 2.75) is 17.5 Å². The molecule has 0 aliphatic rings. The van der Waals surface area contributed by atoms with Gasteiger partial charge in [0.05, 0.1) is 17.5 Å². The fourth-order valence-electron chi connectivity index (χ4n) is 2.30. The summed E-state index contributed by atoms with van der Waals surface area (Å²) in [6.07, 6.45) is -4.45. The molecule has 28 heavy (non-hydrogen) atoms. The first-order valence-corrected chi connectivity index (χ1v) is 9.03. The molecule has 10 heteroatoms. The maximum absolute atomic E-state index is 12.8. The third-order valence-electron chi connectivity index (χ3n) is 3.56. The topological polar surface area (TPSA) is 88.2 Å². The van der Waals surface area contributed by atoms with Gasteiger partial charge in [-0.25, -0.2) is 0 Å². The molecule has 0 fully saturated rings. The molecule has 0 spiro atoms. The predicted molar refractivity (Wildman–Crippen MR) is 97.4 cm³/mol. The molecule has 1 heterocycles. The van der Waals surface area contributed by atoms with E-state index in [1.807, 2.05) is 0 Å². The minimum absolute atomic E-state index is 0.00514. The van der Waals surface area contributed by atoms with Crippen LogP contribution in [0.1, 0.15) is 12.0 Å². The number of nitrogens with one attached hydrogen (secondary N) is 1. The maximum atomic E-state index is 12.8. The van der Waals surface area contributed by atoms with Gasteiger partial charge >= 0.3 is 18.2 Å². The van der Waals surface area contributed by atoms with Crippen LogP contribution in [-0.4, -0.2) is 27.0 Å². The van der Waals surface area contributed by atoms with E-state index in [0.29, 0.717) is 11.3 Å². The summed E-state index contributed by atoms with van der Waals surface area (Å²) in [6, 6.07) is 11.7. The van der Waals surface area contributed by atoms with Gasteiger partial charge in [-0.15, -0.1) is 16.9 Å². The highest BCUT2D eigenvalue weighted by Gasteiger charge is 2.30. The van der Waals surface area contributed by atoms with E-state index in [0.717, 1.165) is 17.0 Å². The van der Waals surface area contributed by atoms with Crippen LogP contribution in [0.15, 0.2) is 57.8 Å². The number of carbonyl (C=O) groups is 1. The molecule has 0 unspecified atom stereocenters. The van der Waals surface area contributed by atoms with E-state index in [-0.39, 0.29) is 24.0 Å². The summed E-state index contributed by atoms with van der Waals surface area (Å²) in [5.41, 5.74) is -0.0194. The average molecular weight is 409 g/mol. The van der Waals surface area contributed by atoms with Crippen LogP contribution in [0, 0.1) is 0 Å².